The van der Waals surface area contributed by atoms with Gasteiger partial charge in [-0.3, -0.25) is 14.5 Å². The fourth-order valence-corrected chi connectivity index (χ4v) is 3.82. The predicted molar refractivity (Wildman–Crippen MR) is 107 cm³/mol. The fraction of sp³-hybridized carbons (Fsp3) is 0.211. The maximum atomic E-state index is 12.7. The molecular formula is C19H17BrN2O4S. The average molecular weight is 449 g/mol. The van der Waals surface area contributed by atoms with E-state index in [1.54, 1.807) is 13.0 Å². The van der Waals surface area contributed by atoms with Gasteiger partial charge in [-0.25, -0.2) is 4.79 Å². The Balaban J connectivity index is 1.88. The minimum absolute atomic E-state index is 0.190. The molecule has 2 amide bonds. The van der Waals surface area contributed by atoms with Crippen LogP contribution < -0.4 is 0 Å². The first-order chi connectivity index (χ1) is 12.9. The van der Waals surface area contributed by atoms with Gasteiger partial charge in [0.05, 0.1) is 11.5 Å². The molecule has 0 spiro atoms. The number of benzene rings is 1. The quantitative estimate of drug-likeness (QED) is 0.505. The number of halogens is 1. The zero-order chi connectivity index (χ0) is 19.6. The first-order valence-corrected chi connectivity index (χ1v) is 9.90. The first-order valence-electron chi connectivity index (χ1n) is 8.29. The van der Waals surface area contributed by atoms with Crippen LogP contribution in [0, 0.1) is 0 Å². The molecule has 1 fully saturated rings. The summed E-state index contributed by atoms with van der Waals surface area (Å²) in [7, 11) is 0. The highest BCUT2D eigenvalue weighted by molar-refractivity contribution is 9.10. The molecule has 2 aromatic rings. The van der Waals surface area contributed by atoms with Crippen molar-refractivity contribution in [3.05, 3.63) is 57.7 Å². The van der Waals surface area contributed by atoms with E-state index in [-0.39, 0.29) is 11.5 Å². The van der Waals surface area contributed by atoms with Crippen LogP contribution in [0.1, 0.15) is 19.5 Å². The van der Waals surface area contributed by atoms with Crippen LogP contribution in [0.2, 0.25) is 0 Å². The normalized spacial score (nSPS) is 16.9. The lowest BCUT2D eigenvalue weighted by atomic mass is 10.2. The Labute approximate surface area is 169 Å². The molecule has 1 aromatic heterocycles. The van der Waals surface area contributed by atoms with Gasteiger partial charge in [0.2, 0.25) is 0 Å². The predicted octanol–water partition coefficient (Wildman–Crippen LogP) is 4.23. The van der Waals surface area contributed by atoms with E-state index < -0.39 is 23.2 Å². The Morgan fingerprint density at radius 1 is 1.26 bits per heavy atom. The molecule has 1 saturated heterocycles. The summed E-state index contributed by atoms with van der Waals surface area (Å²) in [5.41, 5.74) is 1.68. The van der Waals surface area contributed by atoms with E-state index in [0.29, 0.717) is 0 Å². The summed E-state index contributed by atoms with van der Waals surface area (Å²) in [5.74, 6) is -1.09. The van der Waals surface area contributed by atoms with Crippen LogP contribution in [0.3, 0.4) is 0 Å². The lowest BCUT2D eigenvalue weighted by Crippen LogP contribution is -2.42. The number of carbonyl (C=O) groups excluding carboxylic acids is 3. The minimum atomic E-state index is -0.957. The number of carbonyl (C=O) groups is 3. The summed E-state index contributed by atoms with van der Waals surface area (Å²) < 4.78 is 7.80. The molecule has 1 aliphatic rings. The number of rotatable bonds is 5. The number of ether oxygens (including phenoxy) is 1. The van der Waals surface area contributed by atoms with Gasteiger partial charge >= 0.3 is 5.97 Å². The topological polar surface area (TPSA) is 68.6 Å². The Morgan fingerprint density at radius 3 is 2.63 bits per heavy atom. The van der Waals surface area contributed by atoms with E-state index >= 15 is 0 Å². The number of amides is 2. The molecule has 0 saturated carbocycles. The third kappa shape index (κ3) is 4.01. The summed E-state index contributed by atoms with van der Waals surface area (Å²) in [5, 5.41) is -0.478. The number of hydrogen-bond donors (Lipinski definition) is 0. The molecule has 0 unspecified atom stereocenters. The molecule has 0 aliphatic carbocycles. The zero-order valence-electron chi connectivity index (χ0n) is 14.7. The summed E-state index contributed by atoms with van der Waals surface area (Å²) in [6, 6.07) is 10.5. The summed E-state index contributed by atoms with van der Waals surface area (Å²) >= 11 is 4.23. The van der Waals surface area contributed by atoms with Gasteiger partial charge in [0.1, 0.15) is 6.04 Å². The first kappa shape index (κ1) is 19.4. The van der Waals surface area contributed by atoms with Gasteiger partial charge in [-0.1, -0.05) is 15.9 Å². The van der Waals surface area contributed by atoms with Crippen molar-refractivity contribution in [2.75, 3.05) is 6.61 Å². The van der Waals surface area contributed by atoms with Crippen LogP contribution in [0.25, 0.3) is 11.8 Å². The molecule has 0 N–H and O–H groups in total. The van der Waals surface area contributed by atoms with Gasteiger partial charge in [0.15, 0.2) is 0 Å². The number of hydrogen-bond acceptors (Lipinski definition) is 5. The molecular weight excluding hydrogens is 432 g/mol. The summed E-state index contributed by atoms with van der Waals surface area (Å²) in [6.45, 7) is 3.35. The standard InChI is InChI=1S/C19H17BrN2O4S/c1-3-26-18(24)12(2)22-17(23)16(27-19(22)25)11-15-5-4-10-21(15)14-8-6-13(20)7-9-14/h4-12H,3H2,1-2H3/b16-11+/t12-/m1/s1. The van der Waals surface area contributed by atoms with Crippen molar-refractivity contribution in [2.45, 2.75) is 19.9 Å². The van der Waals surface area contributed by atoms with Crippen LogP contribution >= 0.6 is 27.7 Å². The largest absolute Gasteiger partial charge is 0.464 e. The highest BCUT2D eigenvalue weighted by Crippen LogP contribution is 2.34. The molecule has 2 heterocycles. The maximum Gasteiger partial charge on any atom is 0.329 e. The van der Waals surface area contributed by atoms with Crippen LogP contribution in [0.5, 0.6) is 0 Å². The van der Waals surface area contributed by atoms with Gasteiger partial charge in [-0.05, 0) is 68.1 Å². The fourth-order valence-electron chi connectivity index (χ4n) is 2.66. The van der Waals surface area contributed by atoms with Gasteiger partial charge < -0.3 is 9.30 Å². The Kier molecular flexibility index (Phi) is 5.86. The van der Waals surface area contributed by atoms with Crippen LogP contribution in [-0.4, -0.2) is 39.2 Å². The van der Waals surface area contributed by atoms with Crippen molar-refractivity contribution < 1.29 is 19.1 Å². The van der Waals surface area contributed by atoms with E-state index in [4.69, 9.17) is 4.74 Å². The van der Waals surface area contributed by atoms with Crippen molar-refractivity contribution in [1.82, 2.24) is 9.47 Å². The van der Waals surface area contributed by atoms with Gasteiger partial charge in [0, 0.05) is 22.1 Å². The van der Waals surface area contributed by atoms with Crippen LogP contribution in [0.4, 0.5) is 4.79 Å². The highest BCUT2D eigenvalue weighted by atomic mass is 79.9. The summed E-state index contributed by atoms with van der Waals surface area (Å²) in [6.07, 6.45) is 3.53. The number of imide groups is 1. The SMILES string of the molecule is CCOC(=O)[C@@H](C)N1C(=O)S/C(=C/c2cccn2-c2ccc(Br)cc2)C1=O. The van der Waals surface area contributed by atoms with Crippen molar-refractivity contribution in [3.8, 4) is 5.69 Å². The Bertz CT molecular complexity index is 920. The molecule has 0 bridgehead atoms. The molecule has 1 aliphatic heterocycles. The average Bonchev–Trinajstić information content (AvgIpc) is 3.20. The molecule has 140 valence electrons. The maximum absolute atomic E-state index is 12.7. The second-order valence-electron chi connectivity index (χ2n) is 5.76. The second kappa shape index (κ2) is 8.14. The second-order valence-corrected chi connectivity index (χ2v) is 7.67. The molecule has 1 aromatic carbocycles. The van der Waals surface area contributed by atoms with E-state index in [9.17, 15) is 14.4 Å². The molecule has 6 nitrogen and oxygen atoms in total. The number of nitrogens with zero attached hydrogens (tertiary/aromatic N) is 2. The Hall–Kier alpha value is -2.32. The molecule has 1 atom stereocenters. The van der Waals surface area contributed by atoms with E-state index in [1.807, 2.05) is 47.2 Å². The summed E-state index contributed by atoms with van der Waals surface area (Å²) in [4.78, 5) is 38.1. The van der Waals surface area contributed by atoms with Crippen molar-refractivity contribution in [3.63, 3.8) is 0 Å². The van der Waals surface area contributed by atoms with Crippen LogP contribution in [-0.2, 0) is 14.3 Å². The van der Waals surface area contributed by atoms with E-state index in [0.717, 1.165) is 32.5 Å². The van der Waals surface area contributed by atoms with Gasteiger partial charge in [-0.2, -0.15) is 0 Å². The number of esters is 1. The Morgan fingerprint density at radius 2 is 1.96 bits per heavy atom. The smallest absolute Gasteiger partial charge is 0.329 e. The third-order valence-electron chi connectivity index (χ3n) is 4.00. The molecule has 8 heteroatoms. The van der Waals surface area contributed by atoms with E-state index in [1.165, 1.54) is 6.92 Å². The molecule has 27 heavy (non-hydrogen) atoms. The minimum Gasteiger partial charge on any atom is -0.464 e. The number of aromatic nitrogens is 1. The lowest BCUT2D eigenvalue weighted by molar-refractivity contribution is -0.150. The third-order valence-corrected chi connectivity index (χ3v) is 5.41. The van der Waals surface area contributed by atoms with Gasteiger partial charge in [-0.15, -0.1) is 0 Å². The van der Waals surface area contributed by atoms with Crippen molar-refractivity contribution in [1.29, 1.82) is 0 Å². The lowest BCUT2D eigenvalue weighted by Gasteiger charge is -2.19. The highest BCUT2D eigenvalue weighted by Gasteiger charge is 2.41. The van der Waals surface area contributed by atoms with E-state index in [2.05, 4.69) is 15.9 Å². The molecule has 0 radical (unpaired) electrons. The van der Waals surface area contributed by atoms with Crippen LogP contribution in [0.15, 0.2) is 52.0 Å². The zero-order valence-corrected chi connectivity index (χ0v) is 17.1. The number of thioether (sulfide) groups is 1. The van der Waals surface area contributed by atoms with Gasteiger partial charge in [0.25, 0.3) is 11.1 Å². The molecule has 3 rings (SSSR count). The monoisotopic (exact) mass is 448 g/mol. The van der Waals surface area contributed by atoms with Crippen molar-refractivity contribution >= 4 is 50.9 Å². The van der Waals surface area contributed by atoms with Crippen molar-refractivity contribution in [2.24, 2.45) is 0 Å².